The van der Waals surface area contributed by atoms with Crippen molar-refractivity contribution in [3.8, 4) is 11.5 Å². The fraction of sp³-hybridized carbons (Fsp3) is 0.400. The quantitative estimate of drug-likeness (QED) is 0.710. The number of hydrogen-bond donors (Lipinski definition) is 2. The van der Waals surface area contributed by atoms with Crippen LogP contribution in [0, 0.1) is 0 Å². The first-order chi connectivity index (χ1) is 10.9. The van der Waals surface area contributed by atoms with Crippen molar-refractivity contribution in [1.82, 2.24) is 0 Å². The first-order valence-electron chi connectivity index (χ1n) is 7.81. The van der Waals surface area contributed by atoms with Crippen LogP contribution >= 0.6 is 0 Å². The number of phenols is 1. The van der Waals surface area contributed by atoms with Crippen molar-refractivity contribution in [3.05, 3.63) is 59.7 Å². The molecular formula is C20H30O3. The summed E-state index contributed by atoms with van der Waals surface area (Å²) < 4.78 is 4.95. The number of aliphatic hydroxyl groups excluding tert-OH is 1. The average molecular weight is 318 g/mol. The Hall–Kier alpha value is -2.00. The molecule has 0 spiro atoms. The zero-order valence-corrected chi connectivity index (χ0v) is 14.8. The number of ether oxygens (including phenoxy) is 1. The van der Waals surface area contributed by atoms with E-state index in [4.69, 9.17) is 9.84 Å². The molecule has 0 unspecified atom stereocenters. The second kappa shape index (κ2) is 12.5. The maximum absolute atomic E-state index is 9.25. The normalized spacial score (nSPS) is 10.4. The highest BCUT2D eigenvalue weighted by Crippen LogP contribution is 2.26. The van der Waals surface area contributed by atoms with Crippen LogP contribution in [0.5, 0.6) is 11.5 Å². The van der Waals surface area contributed by atoms with Crippen LogP contribution in [0.15, 0.2) is 54.2 Å². The highest BCUT2D eigenvalue weighted by atomic mass is 16.5. The summed E-state index contributed by atoms with van der Waals surface area (Å²) in [7, 11) is 1.53. The van der Waals surface area contributed by atoms with Crippen molar-refractivity contribution in [3.63, 3.8) is 0 Å². The van der Waals surface area contributed by atoms with Crippen LogP contribution in [-0.4, -0.2) is 23.9 Å². The predicted octanol–water partition coefficient (Wildman–Crippen LogP) is 4.80. The summed E-state index contributed by atoms with van der Waals surface area (Å²) in [5.74, 6) is 0.680. The van der Waals surface area contributed by atoms with Crippen LogP contribution < -0.4 is 4.74 Å². The number of aliphatic hydroxyl groups is 1. The van der Waals surface area contributed by atoms with Gasteiger partial charge in [-0.2, -0.15) is 0 Å². The molecule has 0 amide bonds. The fourth-order valence-corrected chi connectivity index (χ4v) is 1.86. The Morgan fingerprint density at radius 3 is 2.43 bits per heavy atom. The second-order valence-electron chi connectivity index (χ2n) is 5.55. The molecule has 23 heavy (non-hydrogen) atoms. The predicted molar refractivity (Wildman–Crippen MR) is 98.1 cm³/mol. The minimum Gasteiger partial charge on any atom is -0.504 e. The molecule has 0 aromatic heterocycles. The fourth-order valence-electron chi connectivity index (χ4n) is 1.86. The first-order valence-corrected chi connectivity index (χ1v) is 7.81. The van der Waals surface area contributed by atoms with Gasteiger partial charge in [0.1, 0.15) is 0 Å². The molecule has 0 saturated carbocycles. The summed E-state index contributed by atoms with van der Waals surface area (Å²) in [4.78, 5) is 0. The molecule has 1 aromatic rings. The van der Waals surface area contributed by atoms with Crippen LogP contribution in [0.1, 0.15) is 39.2 Å². The number of phenolic OH excluding ortho intramolecular Hbond substituents is 1. The monoisotopic (exact) mass is 318 g/mol. The van der Waals surface area contributed by atoms with Gasteiger partial charge in [0.05, 0.1) is 13.7 Å². The third kappa shape index (κ3) is 10.4. The number of methoxy groups -OCH3 is 1. The van der Waals surface area contributed by atoms with Gasteiger partial charge < -0.3 is 14.9 Å². The van der Waals surface area contributed by atoms with Crippen molar-refractivity contribution in [2.75, 3.05) is 13.7 Å². The molecule has 3 heteroatoms. The third-order valence-corrected chi connectivity index (χ3v) is 3.16. The molecule has 0 saturated heterocycles. The Kier molecular flexibility index (Phi) is 11.4. The van der Waals surface area contributed by atoms with Crippen molar-refractivity contribution >= 4 is 0 Å². The van der Waals surface area contributed by atoms with Crippen LogP contribution in [0.2, 0.25) is 0 Å². The largest absolute Gasteiger partial charge is 0.504 e. The van der Waals surface area contributed by atoms with Gasteiger partial charge in [-0.3, -0.25) is 0 Å². The summed E-state index contributed by atoms with van der Waals surface area (Å²) in [5, 5.41) is 17.8. The molecule has 0 aliphatic heterocycles. The third-order valence-electron chi connectivity index (χ3n) is 3.16. The lowest BCUT2D eigenvalue weighted by Gasteiger charge is -2.04. The van der Waals surface area contributed by atoms with Gasteiger partial charge >= 0.3 is 0 Å². The minimum absolute atomic E-state index is 0.167. The van der Waals surface area contributed by atoms with Crippen LogP contribution in [-0.2, 0) is 6.42 Å². The van der Waals surface area contributed by atoms with E-state index in [2.05, 4.69) is 33.4 Å². The Balaban J connectivity index is 0.000000423. The van der Waals surface area contributed by atoms with Gasteiger partial charge in [-0.25, -0.2) is 0 Å². The molecule has 0 heterocycles. The Morgan fingerprint density at radius 1 is 1.22 bits per heavy atom. The van der Waals surface area contributed by atoms with E-state index in [0.717, 1.165) is 24.8 Å². The van der Waals surface area contributed by atoms with E-state index in [9.17, 15) is 5.11 Å². The van der Waals surface area contributed by atoms with E-state index < -0.39 is 0 Å². The smallest absolute Gasteiger partial charge is 0.160 e. The van der Waals surface area contributed by atoms with Gasteiger partial charge in [-0.1, -0.05) is 35.4 Å². The first kappa shape index (κ1) is 21.0. The summed E-state index contributed by atoms with van der Waals surface area (Å²) in [5.41, 5.74) is 3.71. The highest BCUT2D eigenvalue weighted by Gasteiger charge is 2.00. The van der Waals surface area contributed by atoms with Crippen molar-refractivity contribution in [1.29, 1.82) is 0 Å². The molecule has 0 atom stereocenters. The van der Waals surface area contributed by atoms with Gasteiger partial charge in [0.25, 0.3) is 0 Å². The summed E-state index contributed by atoms with van der Waals surface area (Å²) in [6.07, 6.45) is 8.83. The standard InChI is InChI=1S/C10H12O2.C10H18O/c1-3-4-8-5-6-9(11)10(7-8)12-2;1-9(2)5-4-6-10(3)7-8-11/h3,5-7,11H,1,4H2,2H3;5,7,11H,4,6,8H2,1-3H3. The summed E-state index contributed by atoms with van der Waals surface area (Å²) in [6.45, 7) is 10.1. The van der Waals surface area contributed by atoms with Gasteiger partial charge in [-0.05, 0) is 57.7 Å². The van der Waals surface area contributed by atoms with Crippen molar-refractivity contribution in [2.24, 2.45) is 0 Å². The lowest BCUT2D eigenvalue weighted by molar-refractivity contribution is 0.341. The zero-order valence-electron chi connectivity index (χ0n) is 14.8. The minimum atomic E-state index is 0.167. The van der Waals surface area contributed by atoms with E-state index in [1.165, 1.54) is 18.3 Å². The molecule has 0 radical (unpaired) electrons. The maximum atomic E-state index is 9.25. The van der Waals surface area contributed by atoms with Gasteiger partial charge in [0.15, 0.2) is 11.5 Å². The molecule has 3 nitrogen and oxygen atoms in total. The SMILES string of the molecule is C=CCc1ccc(O)c(OC)c1.CC(C)=CCCC(C)=CCO. The van der Waals surface area contributed by atoms with Crippen molar-refractivity contribution in [2.45, 2.75) is 40.0 Å². The molecular weight excluding hydrogens is 288 g/mol. The van der Waals surface area contributed by atoms with Gasteiger partial charge in [0.2, 0.25) is 0 Å². The van der Waals surface area contributed by atoms with Crippen molar-refractivity contribution < 1.29 is 14.9 Å². The molecule has 0 aliphatic carbocycles. The Morgan fingerprint density at radius 2 is 1.91 bits per heavy atom. The second-order valence-corrected chi connectivity index (χ2v) is 5.55. The summed E-state index contributed by atoms with van der Waals surface area (Å²) >= 11 is 0. The van der Waals surface area contributed by atoms with Crippen LogP contribution in [0.25, 0.3) is 0 Å². The number of allylic oxidation sites excluding steroid dienone is 4. The van der Waals surface area contributed by atoms with E-state index in [1.807, 2.05) is 18.2 Å². The van der Waals surface area contributed by atoms with E-state index >= 15 is 0 Å². The molecule has 1 aromatic carbocycles. The van der Waals surface area contributed by atoms with Gasteiger partial charge in [-0.15, -0.1) is 6.58 Å². The Labute approximate surface area is 140 Å². The highest BCUT2D eigenvalue weighted by molar-refractivity contribution is 5.42. The lowest BCUT2D eigenvalue weighted by atomic mass is 10.1. The lowest BCUT2D eigenvalue weighted by Crippen LogP contribution is -1.86. The molecule has 128 valence electrons. The van der Waals surface area contributed by atoms with Crippen LogP contribution in [0.4, 0.5) is 0 Å². The topological polar surface area (TPSA) is 49.7 Å². The molecule has 0 bridgehead atoms. The van der Waals surface area contributed by atoms with Gasteiger partial charge in [0, 0.05) is 0 Å². The Bertz CT molecular complexity index is 524. The zero-order chi connectivity index (χ0) is 17.7. The number of benzene rings is 1. The number of aromatic hydroxyl groups is 1. The molecule has 1 rings (SSSR count). The maximum Gasteiger partial charge on any atom is 0.160 e. The number of hydrogen-bond acceptors (Lipinski definition) is 3. The van der Waals surface area contributed by atoms with E-state index in [0.29, 0.717) is 5.75 Å². The molecule has 0 fully saturated rings. The molecule has 2 N–H and O–H groups in total. The van der Waals surface area contributed by atoms with E-state index in [1.54, 1.807) is 12.1 Å². The van der Waals surface area contributed by atoms with Crippen LogP contribution in [0.3, 0.4) is 0 Å². The van der Waals surface area contributed by atoms with E-state index in [-0.39, 0.29) is 12.4 Å². The average Bonchev–Trinajstić information content (AvgIpc) is 2.50. The molecule has 0 aliphatic rings. The summed E-state index contributed by atoms with van der Waals surface area (Å²) in [6, 6.07) is 5.27. The number of rotatable bonds is 7.